The van der Waals surface area contributed by atoms with Crippen molar-refractivity contribution >= 4 is 5.91 Å². The number of ether oxygens (including phenoxy) is 2. The number of hydrogen-bond donors (Lipinski definition) is 1. The van der Waals surface area contributed by atoms with Crippen LogP contribution in [0.15, 0.2) is 48.5 Å². The zero-order valence-corrected chi connectivity index (χ0v) is 19.8. The van der Waals surface area contributed by atoms with Crippen molar-refractivity contribution in [3.05, 3.63) is 65.2 Å². The molecule has 0 spiro atoms. The summed E-state index contributed by atoms with van der Waals surface area (Å²) in [5, 5.41) is 11.8. The largest absolute Gasteiger partial charge is 0.494 e. The predicted octanol–water partition coefficient (Wildman–Crippen LogP) is 3.05. The van der Waals surface area contributed by atoms with Crippen LogP contribution in [0, 0.1) is 11.3 Å². The Labute approximate surface area is 208 Å². The second kappa shape index (κ2) is 11.7. The molecule has 36 heavy (non-hydrogen) atoms. The minimum absolute atomic E-state index is 0.00760. The number of alkyl halides is 3. The second-order valence-corrected chi connectivity index (χ2v) is 9.15. The van der Waals surface area contributed by atoms with Crippen molar-refractivity contribution in [2.45, 2.75) is 31.3 Å². The molecule has 2 aliphatic rings. The van der Waals surface area contributed by atoms with E-state index < -0.39 is 11.7 Å². The van der Waals surface area contributed by atoms with E-state index in [1.807, 2.05) is 12.1 Å². The molecule has 2 aromatic carbocycles. The molecule has 4 rings (SSSR count). The summed E-state index contributed by atoms with van der Waals surface area (Å²) in [5.74, 6) is 0.166. The third-order valence-electron chi connectivity index (χ3n) is 6.22. The van der Waals surface area contributed by atoms with Crippen LogP contribution in [0.2, 0.25) is 0 Å². The molecule has 7 nitrogen and oxygen atoms in total. The quantitative estimate of drug-likeness (QED) is 0.532. The van der Waals surface area contributed by atoms with Gasteiger partial charge in [-0.3, -0.25) is 14.6 Å². The van der Waals surface area contributed by atoms with Gasteiger partial charge in [-0.25, -0.2) is 0 Å². The third kappa shape index (κ3) is 7.43. The van der Waals surface area contributed by atoms with Gasteiger partial charge in [-0.1, -0.05) is 18.2 Å². The van der Waals surface area contributed by atoms with Gasteiger partial charge in [0, 0.05) is 39.3 Å². The maximum Gasteiger partial charge on any atom is 0.416 e. The summed E-state index contributed by atoms with van der Waals surface area (Å²) in [4.78, 5) is 16.8. The number of amides is 1. The van der Waals surface area contributed by atoms with Gasteiger partial charge in [-0.15, -0.1) is 0 Å². The smallest absolute Gasteiger partial charge is 0.416 e. The molecule has 2 unspecified atom stereocenters. The van der Waals surface area contributed by atoms with Crippen molar-refractivity contribution in [2.24, 2.45) is 0 Å². The topological polar surface area (TPSA) is 77.8 Å². The van der Waals surface area contributed by atoms with Gasteiger partial charge in [0.1, 0.15) is 5.75 Å². The molecule has 2 atom stereocenters. The van der Waals surface area contributed by atoms with Crippen LogP contribution in [0.1, 0.15) is 23.1 Å². The van der Waals surface area contributed by atoms with Crippen LogP contribution in [0.25, 0.3) is 0 Å². The summed E-state index contributed by atoms with van der Waals surface area (Å²) in [6.45, 7) is 4.62. The van der Waals surface area contributed by atoms with E-state index >= 15 is 0 Å². The molecule has 2 heterocycles. The highest BCUT2D eigenvalue weighted by Gasteiger charge is 2.35. The van der Waals surface area contributed by atoms with Gasteiger partial charge >= 0.3 is 6.18 Å². The minimum Gasteiger partial charge on any atom is -0.494 e. The third-order valence-corrected chi connectivity index (χ3v) is 6.22. The highest BCUT2D eigenvalue weighted by Crippen LogP contribution is 2.31. The molecule has 1 N–H and O–H groups in total. The number of morpholine rings is 2. The number of halogens is 3. The van der Waals surface area contributed by atoms with Gasteiger partial charge in [-0.05, 0) is 42.3 Å². The lowest BCUT2D eigenvalue weighted by atomic mass is 10.1. The van der Waals surface area contributed by atoms with Gasteiger partial charge in [0.15, 0.2) is 0 Å². The van der Waals surface area contributed by atoms with Crippen molar-refractivity contribution in [3.8, 4) is 11.8 Å². The lowest BCUT2D eigenvalue weighted by Gasteiger charge is -2.45. The van der Waals surface area contributed by atoms with Crippen LogP contribution < -0.4 is 10.1 Å². The first-order valence-corrected chi connectivity index (χ1v) is 11.9. The zero-order valence-electron chi connectivity index (χ0n) is 19.8. The van der Waals surface area contributed by atoms with E-state index in [2.05, 4.69) is 21.2 Å². The van der Waals surface area contributed by atoms with Crippen molar-refractivity contribution in [2.75, 3.05) is 45.9 Å². The van der Waals surface area contributed by atoms with Crippen molar-refractivity contribution in [1.82, 2.24) is 15.1 Å². The second-order valence-electron chi connectivity index (χ2n) is 9.15. The normalized spacial score (nSPS) is 20.5. The fraction of sp³-hybridized carbons (Fsp3) is 0.462. The summed E-state index contributed by atoms with van der Waals surface area (Å²) in [5.41, 5.74) is 0.810. The predicted molar refractivity (Wildman–Crippen MR) is 126 cm³/mol. The average Bonchev–Trinajstić information content (AvgIpc) is 2.85. The van der Waals surface area contributed by atoms with Crippen LogP contribution in [0.3, 0.4) is 0 Å². The SMILES string of the molecule is N#Cc1ccc(CNC(=O)CN2CC3CN(CCCOc4cccc(C(F)(F)F)c4)CC(C2)O3)cc1. The Morgan fingerprint density at radius 3 is 2.44 bits per heavy atom. The van der Waals surface area contributed by atoms with Crippen LogP contribution in [0.5, 0.6) is 5.75 Å². The Morgan fingerprint density at radius 1 is 1.08 bits per heavy atom. The van der Waals surface area contributed by atoms with Gasteiger partial charge in [0.25, 0.3) is 0 Å². The van der Waals surface area contributed by atoms with E-state index in [0.29, 0.717) is 44.8 Å². The molecule has 2 bridgehead atoms. The monoisotopic (exact) mass is 502 g/mol. The molecule has 0 aromatic heterocycles. The first kappa shape index (κ1) is 25.9. The summed E-state index contributed by atoms with van der Waals surface area (Å²) >= 11 is 0. The molecule has 2 saturated heterocycles. The molecular formula is C26H29F3N4O3. The van der Waals surface area contributed by atoms with E-state index in [-0.39, 0.29) is 23.9 Å². The molecule has 2 fully saturated rings. The standard InChI is InChI=1S/C26H29F3N4O3/c27-26(28,29)21-3-1-4-22(11-21)35-10-2-9-32-14-23-16-33(17-24(15-32)36-23)18-25(34)31-13-20-7-5-19(12-30)6-8-20/h1,3-8,11,23-24H,2,9-10,13-18H2,(H,31,34). The molecule has 1 amide bonds. The molecule has 192 valence electrons. The Morgan fingerprint density at radius 2 is 1.78 bits per heavy atom. The van der Waals surface area contributed by atoms with Crippen molar-refractivity contribution in [1.29, 1.82) is 5.26 Å². The van der Waals surface area contributed by atoms with E-state index in [0.717, 1.165) is 37.3 Å². The van der Waals surface area contributed by atoms with Gasteiger partial charge < -0.3 is 14.8 Å². The number of benzene rings is 2. The van der Waals surface area contributed by atoms with Gasteiger partial charge in [0.05, 0.1) is 42.6 Å². The zero-order chi connectivity index (χ0) is 25.5. The maximum absolute atomic E-state index is 12.8. The van der Waals surface area contributed by atoms with Crippen LogP contribution in [-0.2, 0) is 22.3 Å². The fourth-order valence-corrected chi connectivity index (χ4v) is 4.57. The molecule has 2 aromatic rings. The molecule has 10 heteroatoms. The maximum atomic E-state index is 12.8. The van der Waals surface area contributed by atoms with Crippen LogP contribution in [-0.4, -0.2) is 73.8 Å². The Kier molecular flexibility index (Phi) is 8.46. The van der Waals surface area contributed by atoms with E-state index in [9.17, 15) is 18.0 Å². The number of carbonyl (C=O) groups excluding carboxylic acids is 1. The first-order chi connectivity index (χ1) is 17.3. The summed E-state index contributed by atoms with van der Waals surface area (Å²) < 4.78 is 50.1. The lowest BCUT2D eigenvalue weighted by molar-refractivity contribution is -0.145. The molecule has 2 aliphatic heterocycles. The number of nitriles is 1. The molecular weight excluding hydrogens is 473 g/mol. The lowest BCUT2D eigenvalue weighted by Crippen LogP contribution is -2.60. The minimum atomic E-state index is -4.38. The van der Waals surface area contributed by atoms with Crippen molar-refractivity contribution in [3.63, 3.8) is 0 Å². The number of fused-ring (bicyclic) bond motifs is 2. The average molecular weight is 503 g/mol. The van der Waals surface area contributed by atoms with Crippen LogP contribution in [0.4, 0.5) is 13.2 Å². The van der Waals surface area contributed by atoms with Gasteiger partial charge in [0.2, 0.25) is 5.91 Å². The Bertz CT molecular complexity index is 1060. The summed E-state index contributed by atoms with van der Waals surface area (Å²) in [7, 11) is 0. The number of carbonyl (C=O) groups is 1. The molecule has 0 radical (unpaired) electrons. The molecule has 0 aliphatic carbocycles. The van der Waals surface area contributed by atoms with E-state index in [4.69, 9.17) is 14.7 Å². The highest BCUT2D eigenvalue weighted by atomic mass is 19.4. The van der Waals surface area contributed by atoms with Gasteiger partial charge in [-0.2, -0.15) is 18.4 Å². The highest BCUT2D eigenvalue weighted by molar-refractivity contribution is 5.78. The van der Waals surface area contributed by atoms with Crippen molar-refractivity contribution < 1.29 is 27.4 Å². The number of rotatable bonds is 9. The fourth-order valence-electron chi connectivity index (χ4n) is 4.57. The Hall–Kier alpha value is -3.13. The number of nitrogens with one attached hydrogen (secondary N) is 1. The number of hydrogen-bond acceptors (Lipinski definition) is 6. The molecule has 0 saturated carbocycles. The Balaban J connectivity index is 1.15. The number of nitrogens with zero attached hydrogens (tertiary/aromatic N) is 3. The summed E-state index contributed by atoms with van der Waals surface area (Å²) in [6, 6.07) is 14.1. The first-order valence-electron chi connectivity index (χ1n) is 11.9. The summed E-state index contributed by atoms with van der Waals surface area (Å²) in [6.07, 6.45) is -3.68. The van der Waals surface area contributed by atoms with E-state index in [1.54, 1.807) is 12.1 Å². The van der Waals surface area contributed by atoms with E-state index in [1.165, 1.54) is 12.1 Å². The van der Waals surface area contributed by atoms with Crippen LogP contribution >= 0.6 is 0 Å².